The third kappa shape index (κ3) is 3.45. The molecule has 0 saturated carbocycles. The molecule has 1 amide bonds. The number of H-pyrrole nitrogens is 1. The number of nitrogens with one attached hydrogen (secondary N) is 1. The zero-order chi connectivity index (χ0) is 24.4. The summed E-state index contributed by atoms with van der Waals surface area (Å²) in [6.45, 7) is 2.28. The molecule has 5 rings (SSSR count). The molecule has 12 heteroatoms. The van der Waals surface area contributed by atoms with E-state index < -0.39 is 46.9 Å². The van der Waals surface area contributed by atoms with Gasteiger partial charge in [-0.1, -0.05) is 12.1 Å². The Labute approximate surface area is 189 Å². The molecule has 0 fully saturated rings. The quantitative estimate of drug-likeness (QED) is 0.425. The number of nitrogens with zero attached hydrogens (tertiary/aromatic N) is 3. The number of aromatic nitrogens is 3. The molecular formula is C22H18F4N4O4. The normalized spacial score (nSPS) is 16.8. The molecule has 4 aromatic rings. The first-order valence-corrected chi connectivity index (χ1v) is 10.3. The third-order valence-electron chi connectivity index (χ3n) is 5.61. The van der Waals surface area contributed by atoms with Crippen LogP contribution in [-0.4, -0.2) is 37.4 Å². The lowest BCUT2D eigenvalue weighted by molar-refractivity contribution is -0.141. The van der Waals surface area contributed by atoms with Gasteiger partial charge in [0.15, 0.2) is 17.3 Å². The van der Waals surface area contributed by atoms with Gasteiger partial charge in [-0.25, -0.2) is 14.4 Å². The Hall–Kier alpha value is -3.67. The van der Waals surface area contributed by atoms with Gasteiger partial charge in [0.1, 0.15) is 17.2 Å². The first-order valence-electron chi connectivity index (χ1n) is 10.3. The lowest BCUT2D eigenvalue weighted by atomic mass is 9.99. The minimum Gasteiger partial charge on any atom is -0.455 e. The molecule has 178 valence electrons. The number of imidazole rings is 1. The Kier molecular flexibility index (Phi) is 4.83. The molecule has 0 spiro atoms. The number of amides is 1. The summed E-state index contributed by atoms with van der Waals surface area (Å²) in [5.74, 6) is -3.98. The van der Waals surface area contributed by atoms with Gasteiger partial charge >= 0.3 is 6.18 Å². The second-order valence-electron chi connectivity index (χ2n) is 8.45. The molecule has 0 saturated heterocycles. The van der Waals surface area contributed by atoms with Gasteiger partial charge in [0, 0.05) is 18.7 Å². The molecule has 34 heavy (non-hydrogen) atoms. The number of aliphatic hydroxyl groups is 1. The number of carbonyl (C=O) groups is 1. The van der Waals surface area contributed by atoms with Crippen molar-refractivity contribution in [2.75, 3.05) is 6.54 Å². The first-order chi connectivity index (χ1) is 16.0. The Morgan fingerprint density at radius 2 is 1.97 bits per heavy atom. The number of rotatable bonds is 3. The van der Waals surface area contributed by atoms with Crippen LogP contribution in [0.2, 0.25) is 0 Å². The fourth-order valence-corrected chi connectivity index (χ4v) is 4.02. The summed E-state index contributed by atoms with van der Waals surface area (Å²) in [6, 6.07) is 5.02. The summed E-state index contributed by atoms with van der Waals surface area (Å²) in [4.78, 5) is 24.9. The van der Waals surface area contributed by atoms with Gasteiger partial charge in [0.05, 0.1) is 17.4 Å². The van der Waals surface area contributed by atoms with Crippen molar-refractivity contribution in [2.45, 2.75) is 38.1 Å². The Bertz CT molecular complexity index is 1400. The van der Waals surface area contributed by atoms with Crippen molar-refractivity contribution in [3.63, 3.8) is 0 Å². The van der Waals surface area contributed by atoms with Crippen molar-refractivity contribution >= 4 is 16.9 Å². The number of hydrogen-bond acceptors (Lipinski definition) is 6. The highest BCUT2D eigenvalue weighted by atomic mass is 19.4. The van der Waals surface area contributed by atoms with Crippen LogP contribution in [0.15, 0.2) is 39.4 Å². The van der Waals surface area contributed by atoms with Crippen LogP contribution >= 0.6 is 0 Å². The maximum Gasteiger partial charge on any atom is 0.437 e. The second kappa shape index (κ2) is 7.42. The van der Waals surface area contributed by atoms with Gasteiger partial charge in [-0.05, 0) is 26.0 Å². The average Bonchev–Trinajstić information content (AvgIpc) is 3.49. The van der Waals surface area contributed by atoms with Crippen molar-refractivity contribution in [3.8, 4) is 0 Å². The van der Waals surface area contributed by atoms with Crippen LogP contribution in [0.3, 0.4) is 0 Å². The van der Waals surface area contributed by atoms with Crippen LogP contribution in [0.25, 0.3) is 11.0 Å². The Morgan fingerprint density at radius 1 is 1.24 bits per heavy atom. The van der Waals surface area contributed by atoms with Gasteiger partial charge in [-0.15, -0.1) is 0 Å². The third-order valence-corrected chi connectivity index (χ3v) is 5.61. The molecule has 1 atom stereocenters. The summed E-state index contributed by atoms with van der Waals surface area (Å²) in [5.41, 5.74) is -2.40. The topological polar surface area (TPSA) is 108 Å². The van der Waals surface area contributed by atoms with E-state index in [0.29, 0.717) is 5.69 Å². The summed E-state index contributed by atoms with van der Waals surface area (Å²) >= 11 is 0. The van der Waals surface area contributed by atoms with Crippen molar-refractivity contribution in [2.24, 2.45) is 0 Å². The summed E-state index contributed by atoms with van der Waals surface area (Å²) in [6.07, 6.45) is -3.45. The first kappa shape index (κ1) is 22.1. The molecule has 3 aromatic heterocycles. The summed E-state index contributed by atoms with van der Waals surface area (Å²) in [5, 5.41) is 10.3. The van der Waals surface area contributed by atoms with Gasteiger partial charge < -0.3 is 23.8 Å². The number of carbonyl (C=O) groups excluding carboxylic acids is 1. The van der Waals surface area contributed by atoms with Crippen LogP contribution in [0.1, 0.15) is 59.2 Å². The van der Waals surface area contributed by atoms with E-state index in [4.69, 9.17) is 8.83 Å². The van der Waals surface area contributed by atoms with Crippen LogP contribution in [0.4, 0.5) is 17.6 Å². The van der Waals surface area contributed by atoms with Crippen LogP contribution in [0.5, 0.6) is 0 Å². The Morgan fingerprint density at radius 3 is 2.65 bits per heavy atom. The number of aromatic amines is 1. The monoisotopic (exact) mass is 478 g/mol. The predicted octanol–water partition coefficient (Wildman–Crippen LogP) is 4.32. The van der Waals surface area contributed by atoms with E-state index in [-0.39, 0.29) is 35.4 Å². The molecule has 1 aliphatic rings. The van der Waals surface area contributed by atoms with E-state index in [1.807, 2.05) is 0 Å². The van der Waals surface area contributed by atoms with Gasteiger partial charge in [0.2, 0.25) is 11.7 Å². The average molecular weight is 478 g/mol. The minimum atomic E-state index is -5.04. The van der Waals surface area contributed by atoms with E-state index in [2.05, 4.69) is 15.0 Å². The SMILES string of the molecule is CC(C)(O)c1nc(C(F)(F)F)c(C(=O)N2CCc3[nH]cnc3[C@@H]2c2oc3ccccc3c2F)o1. The van der Waals surface area contributed by atoms with Gasteiger partial charge in [-0.3, -0.25) is 4.79 Å². The van der Waals surface area contributed by atoms with Gasteiger partial charge in [0.25, 0.3) is 5.91 Å². The maximum absolute atomic E-state index is 15.4. The number of fused-ring (bicyclic) bond motifs is 2. The number of benzene rings is 1. The van der Waals surface area contributed by atoms with Crippen LogP contribution in [0, 0.1) is 5.82 Å². The number of furan rings is 1. The smallest absolute Gasteiger partial charge is 0.437 e. The van der Waals surface area contributed by atoms with E-state index in [1.165, 1.54) is 32.3 Å². The molecule has 4 heterocycles. The van der Waals surface area contributed by atoms with Crippen molar-refractivity contribution in [3.05, 3.63) is 70.9 Å². The molecule has 1 aromatic carbocycles. The molecule has 8 nitrogen and oxygen atoms in total. The molecule has 0 bridgehead atoms. The lowest BCUT2D eigenvalue weighted by Crippen LogP contribution is -2.41. The van der Waals surface area contributed by atoms with Gasteiger partial charge in [-0.2, -0.15) is 13.2 Å². The highest BCUT2D eigenvalue weighted by Crippen LogP contribution is 2.41. The summed E-state index contributed by atoms with van der Waals surface area (Å²) < 4.78 is 67.4. The molecular weight excluding hydrogens is 460 g/mol. The standard InChI is InChI=1S/C22H18F4N4O4/c1-21(2,32)20-29-18(22(24,25)26)17(34-20)19(31)30-8-7-11-14(28-9-27-11)15(30)16-13(23)10-5-3-4-6-12(10)33-16/h3-6,9,15,32H,7-8H2,1-2H3,(H,27,28)/t15-/m1/s1. The van der Waals surface area contributed by atoms with Crippen molar-refractivity contribution in [1.29, 1.82) is 0 Å². The molecule has 0 radical (unpaired) electrons. The minimum absolute atomic E-state index is 0.0783. The number of alkyl halides is 3. The second-order valence-corrected chi connectivity index (χ2v) is 8.45. The van der Waals surface area contributed by atoms with E-state index in [1.54, 1.807) is 12.1 Å². The largest absolute Gasteiger partial charge is 0.455 e. The van der Waals surface area contributed by atoms with Crippen LogP contribution < -0.4 is 0 Å². The molecule has 0 aliphatic carbocycles. The zero-order valence-corrected chi connectivity index (χ0v) is 17.9. The number of para-hydroxylation sites is 1. The zero-order valence-electron chi connectivity index (χ0n) is 17.9. The van der Waals surface area contributed by atoms with E-state index in [9.17, 15) is 23.1 Å². The van der Waals surface area contributed by atoms with Crippen molar-refractivity contribution < 1.29 is 36.3 Å². The fourth-order valence-electron chi connectivity index (χ4n) is 4.02. The molecule has 2 N–H and O–H groups in total. The van der Waals surface area contributed by atoms with E-state index in [0.717, 1.165) is 4.90 Å². The maximum atomic E-state index is 15.4. The number of oxazole rings is 1. The lowest BCUT2D eigenvalue weighted by Gasteiger charge is -2.33. The van der Waals surface area contributed by atoms with Crippen LogP contribution in [-0.2, 0) is 18.2 Å². The number of hydrogen-bond donors (Lipinski definition) is 2. The fraction of sp³-hybridized carbons (Fsp3) is 0.318. The predicted molar refractivity (Wildman–Crippen MR) is 108 cm³/mol. The van der Waals surface area contributed by atoms with E-state index >= 15 is 4.39 Å². The van der Waals surface area contributed by atoms with Crippen molar-refractivity contribution in [1.82, 2.24) is 19.9 Å². The summed E-state index contributed by atoms with van der Waals surface area (Å²) in [7, 11) is 0. The highest BCUT2D eigenvalue weighted by molar-refractivity contribution is 5.93. The highest BCUT2D eigenvalue weighted by Gasteiger charge is 2.47. The molecule has 0 unspecified atom stereocenters. The Balaban J connectivity index is 1.67. The number of halogens is 4. The molecule has 1 aliphatic heterocycles.